The van der Waals surface area contributed by atoms with Crippen LogP contribution >= 0.6 is 0 Å². The van der Waals surface area contributed by atoms with E-state index < -0.39 is 29.9 Å². The molecule has 0 bridgehead atoms. The van der Waals surface area contributed by atoms with Gasteiger partial charge >= 0.3 is 0 Å². The van der Waals surface area contributed by atoms with Crippen molar-refractivity contribution in [1.29, 1.82) is 0 Å². The van der Waals surface area contributed by atoms with E-state index in [0.29, 0.717) is 19.3 Å². The summed E-state index contributed by atoms with van der Waals surface area (Å²) in [6, 6.07) is -0.416. The van der Waals surface area contributed by atoms with Crippen molar-refractivity contribution >= 4 is 17.7 Å². The topological polar surface area (TPSA) is 119 Å². The SMILES string of the molecule is NC(=O)CN(C(=O)[C@@H]1CCCN1)C(=O)C1(N)CCCCC1. The summed E-state index contributed by atoms with van der Waals surface area (Å²) in [5.41, 5.74) is 10.4. The molecule has 21 heavy (non-hydrogen) atoms. The molecule has 7 nitrogen and oxygen atoms in total. The van der Waals surface area contributed by atoms with E-state index in [4.69, 9.17) is 11.5 Å². The summed E-state index contributed by atoms with van der Waals surface area (Å²) in [5.74, 6) is -1.54. The first kappa shape index (κ1) is 15.9. The first-order valence-electron chi connectivity index (χ1n) is 7.60. The van der Waals surface area contributed by atoms with Crippen LogP contribution in [0.5, 0.6) is 0 Å². The Balaban J connectivity index is 2.15. The second kappa shape index (κ2) is 6.53. The molecule has 0 aromatic carbocycles. The molecular weight excluding hydrogens is 272 g/mol. The minimum Gasteiger partial charge on any atom is -0.368 e. The number of amides is 3. The molecule has 1 saturated carbocycles. The maximum Gasteiger partial charge on any atom is 0.249 e. The number of nitrogens with zero attached hydrogens (tertiary/aromatic N) is 1. The maximum atomic E-state index is 12.7. The Morgan fingerprint density at radius 3 is 2.33 bits per heavy atom. The lowest BCUT2D eigenvalue weighted by atomic mass is 9.81. The largest absolute Gasteiger partial charge is 0.368 e. The Morgan fingerprint density at radius 1 is 1.14 bits per heavy atom. The average Bonchev–Trinajstić information content (AvgIpc) is 2.98. The molecule has 0 radical (unpaired) electrons. The van der Waals surface area contributed by atoms with Gasteiger partial charge in [0.05, 0.1) is 11.6 Å². The van der Waals surface area contributed by atoms with Crippen LogP contribution in [0.4, 0.5) is 0 Å². The lowest BCUT2D eigenvalue weighted by Gasteiger charge is -2.36. The number of hydrogen-bond donors (Lipinski definition) is 3. The molecule has 3 amide bonds. The van der Waals surface area contributed by atoms with Gasteiger partial charge in [-0.05, 0) is 32.2 Å². The third kappa shape index (κ3) is 3.59. The van der Waals surface area contributed by atoms with Gasteiger partial charge in [0.25, 0.3) is 0 Å². The van der Waals surface area contributed by atoms with Crippen molar-refractivity contribution in [3.63, 3.8) is 0 Å². The number of hydrogen-bond acceptors (Lipinski definition) is 5. The fourth-order valence-electron chi connectivity index (χ4n) is 3.15. The summed E-state index contributed by atoms with van der Waals surface area (Å²) in [6.07, 6.45) is 5.41. The molecule has 0 spiro atoms. The van der Waals surface area contributed by atoms with E-state index >= 15 is 0 Å². The van der Waals surface area contributed by atoms with Crippen LogP contribution in [0.1, 0.15) is 44.9 Å². The van der Waals surface area contributed by atoms with Gasteiger partial charge in [0.15, 0.2) is 0 Å². The minimum absolute atomic E-state index is 0.383. The Hall–Kier alpha value is -1.47. The lowest BCUT2D eigenvalue weighted by Crippen LogP contribution is -2.61. The van der Waals surface area contributed by atoms with Crippen molar-refractivity contribution in [3.05, 3.63) is 0 Å². The van der Waals surface area contributed by atoms with Gasteiger partial charge in [0.1, 0.15) is 6.54 Å². The van der Waals surface area contributed by atoms with Crippen LogP contribution in [0, 0.1) is 0 Å². The summed E-state index contributed by atoms with van der Waals surface area (Å²) in [5, 5.41) is 3.04. The number of primary amides is 1. The molecule has 0 unspecified atom stereocenters. The summed E-state index contributed by atoms with van der Waals surface area (Å²) < 4.78 is 0. The molecule has 1 aliphatic heterocycles. The van der Waals surface area contributed by atoms with Crippen LogP contribution in [0.3, 0.4) is 0 Å². The first-order chi connectivity index (χ1) is 9.94. The smallest absolute Gasteiger partial charge is 0.249 e. The molecule has 1 aliphatic carbocycles. The third-order valence-corrected chi connectivity index (χ3v) is 4.36. The van der Waals surface area contributed by atoms with E-state index in [1.54, 1.807) is 0 Å². The highest BCUT2D eigenvalue weighted by Crippen LogP contribution is 2.28. The third-order valence-electron chi connectivity index (χ3n) is 4.36. The molecule has 5 N–H and O–H groups in total. The standard InChI is InChI=1S/C14H24N4O3/c15-11(19)9-18(12(20)10-5-4-8-17-10)13(21)14(16)6-2-1-3-7-14/h10,17H,1-9,16H2,(H2,15,19)/t10-/m0/s1. The number of nitrogens with one attached hydrogen (secondary N) is 1. The molecule has 1 heterocycles. The Kier molecular flexibility index (Phi) is 4.95. The van der Waals surface area contributed by atoms with E-state index in [-0.39, 0.29) is 5.91 Å². The quantitative estimate of drug-likeness (QED) is 0.589. The highest BCUT2D eigenvalue weighted by molar-refractivity contribution is 6.04. The predicted molar refractivity (Wildman–Crippen MR) is 76.9 cm³/mol. The Bertz CT molecular complexity index is 426. The molecule has 2 fully saturated rings. The van der Waals surface area contributed by atoms with Crippen LogP contribution in [0.2, 0.25) is 0 Å². The molecule has 118 valence electrons. The van der Waals surface area contributed by atoms with E-state index in [0.717, 1.165) is 37.1 Å². The minimum atomic E-state index is -1.04. The molecule has 2 rings (SSSR count). The van der Waals surface area contributed by atoms with Crippen LogP contribution in [0.25, 0.3) is 0 Å². The van der Waals surface area contributed by atoms with E-state index in [1.807, 2.05) is 0 Å². The second-order valence-electron chi connectivity index (χ2n) is 6.06. The second-order valence-corrected chi connectivity index (χ2v) is 6.06. The van der Waals surface area contributed by atoms with Crippen molar-refractivity contribution in [2.24, 2.45) is 11.5 Å². The highest BCUT2D eigenvalue weighted by atomic mass is 16.2. The van der Waals surface area contributed by atoms with Gasteiger partial charge in [-0.2, -0.15) is 0 Å². The van der Waals surface area contributed by atoms with Crippen molar-refractivity contribution in [1.82, 2.24) is 10.2 Å². The summed E-state index contributed by atoms with van der Waals surface area (Å²) in [6.45, 7) is 0.345. The van der Waals surface area contributed by atoms with Gasteiger partial charge in [-0.3, -0.25) is 19.3 Å². The molecular formula is C14H24N4O3. The van der Waals surface area contributed by atoms with Crippen molar-refractivity contribution in [2.75, 3.05) is 13.1 Å². The average molecular weight is 296 g/mol. The summed E-state index contributed by atoms with van der Waals surface area (Å²) in [7, 11) is 0. The summed E-state index contributed by atoms with van der Waals surface area (Å²) in [4.78, 5) is 37.4. The Labute approximate surface area is 124 Å². The van der Waals surface area contributed by atoms with Crippen LogP contribution in [-0.4, -0.2) is 47.3 Å². The van der Waals surface area contributed by atoms with Crippen molar-refractivity contribution < 1.29 is 14.4 Å². The van der Waals surface area contributed by atoms with Crippen LogP contribution in [-0.2, 0) is 14.4 Å². The highest BCUT2D eigenvalue weighted by Gasteiger charge is 2.42. The van der Waals surface area contributed by atoms with Crippen molar-refractivity contribution in [3.8, 4) is 0 Å². The van der Waals surface area contributed by atoms with Gasteiger partial charge in [0.2, 0.25) is 17.7 Å². The molecule has 0 aromatic rings. The van der Waals surface area contributed by atoms with E-state index in [9.17, 15) is 14.4 Å². The Morgan fingerprint density at radius 2 is 1.81 bits per heavy atom. The van der Waals surface area contributed by atoms with E-state index in [2.05, 4.69) is 5.32 Å². The molecule has 1 atom stereocenters. The van der Waals surface area contributed by atoms with Crippen LogP contribution in [0.15, 0.2) is 0 Å². The first-order valence-corrected chi connectivity index (χ1v) is 7.60. The van der Waals surface area contributed by atoms with Gasteiger partial charge in [0, 0.05) is 0 Å². The maximum absolute atomic E-state index is 12.7. The zero-order valence-electron chi connectivity index (χ0n) is 12.3. The lowest BCUT2D eigenvalue weighted by molar-refractivity contribution is -0.152. The van der Waals surface area contributed by atoms with Crippen molar-refractivity contribution in [2.45, 2.75) is 56.5 Å². The van der Waals surface area contributed by atoms with E-state index in [1.165, 1.54) is 0 Å². The van der Waals surface area contributed by atoms with Crippen LogP contribution < -0.4 is 16.8 Å². The molecule has 0 aromatic heterocycles. The number of nitrogens with two attached hydrogens (primary N) is 2. The molecule has 1 saturated heterocycles. The number of rotatable bonds is 4. The fraction of sp³-hybridized carbons (Fsp3) is 0.786. The number of imide groups is 1. The predicted octanol–water partition coefficient (Wildman–Crippen LogP) is -0.759. The monoisotopic (exact) mass is 296 g/mol. The normalized spacial score (nSPS) is 24.5. The number of carbonyl (C=O) groups is 3. The van der Waals surface area contributed by atoms with Gasteiger partial charge in [-0.25, -0.2) is 0 Å². The number of carbonyl (C=O) groups excluding carboxylic acids is 3. The zero-order valence-corrected chi connectivity index (χ0v) is 12.3. The molecule has 2 aliphatic rings. The summed E-state index contributed by atoms with van der Waals surface area (Å²) >= 11 is 0. The van der Waals surface area contributed by atoms with Gasteiger partial charge in [-0.1, -0.05) is 19.3 Å². The van der Waals surface area contributed by atoms with Gasteiger partial charge < -0.3 is 16.8 Å². The fourth-order valence-corrected chi connectivity index (χ4v) is 3.15. The molecule has 7 heteroatoms. The van der Waals surface area contributed by atoms with Gasteiger partial charge in [-0.15, -0.1) is 0 Å². The zero-order chi connectivity index (χ0) is 15.5.